The lowest BCUT2D eigenvalue weighted by molar-refractivity contribution is 0.145. The van der Waals surface area contributed by atoms with Crippen LogP contribution in [-0.4, -0.2) is 6.61 Å². The van der Waals surface area contributed by atoms with Crippen molar-refractivity contribution in [2.75, 3.05) is 6.61 Å². The molecule has 0 saturated heterocycles. The Labute approximate surface area is 35.4 Å². The van der Waals surface area contributed by atoms with Crippen LogP contribution in [0.1, 0.15) is 6.92 Å². The van der Waals surface area contributed by atoms with Crippen LogP contribution in [0.4, 0.5) is 4.39 Å². The Balaban J connectivity index is 2.66. The zero-order valence-electron chi connectivity index (χ0n) is 3.49. The molecule has 1 rings (SSSR count). The molecule has 0 fully saturated rings. The Kier molecular flexibility index (Phi) is 0.587. The molecule has 1 heterocycles. The molecule has 0 amide bonds. The topological polar surface area (TPSA) is 9.23 Å². The van der Waals surface area contributed by atoms with Gasteiger partial charge in [-0.05, 0) is 6.92 Å². The van der Waals surface area contributed by atoms with Crippen molar-refractivity contribution in [1.82, 2.24) is 0 Å². The zero-order valence-corrected chi connectivity index (χ0v) is 3.49. The van der Waals surface area contributed by atoms with Gasteiger partial charge < -0.3 is 4.74 Å². The molecular formula is C4H5FO. The molecule has 34 valence electrons. The molecule has 0 N–H and O–H groups in total. The van der Waals surface area contributed by atoms with Crippen LogP contribution < -0.4 is 0 Å². The van der Waals surface area contributed by atoms with Gasteiger partial charge in [0.2, 0.25) is 0 Å². The molecule has 1 nitrogen and oxygen atoms in total. The summed E-state index contributed by atoms with van der Waals surface area (Å²) in [5, 5.41) is 0. The Morgan fingerprint density at radius 2 is 2.33 bits per heavy atom. The van der Waals surface area contributed by atoms with Crippen molar-refractivity contribution in [3.8, 4) is 0 Å². The van der Waals surface area contributed by atoms with Gasteiger partial charge in [0.1, 0.15) is 12.4 Å². The second-order valence-electron chi connectivity index (χ2n) is 1.25. The van der Waals surface area contributed by atoms with Crippen LogP contribution in [0.2, 0.25) is 0 Å². The molecule has 0 radical (unpaired) electrons. The van der Waals surface area contributed by atoms with E-state index in [1.807, 2.05) is 0 Å². The fourth-order valence-electron chi connectivity index (χ4n) is 0.271. The van der Waals surface area contributed by atoms with E-state index in [2.05, 4.69) is 4.74 Å². The van der Waals surface area contributed by atoms with E-state index in [0.717, 1.165) is 0 Å². The maximum atomic E-state index is 11.7. The van der Waals surface area contributed by atoms with Crippen LogP contribution >= 0.6 is 0 Å². The van der Waals surface area contributed by atoms with Gasteiger partial charge in [0.15, 0.2) is 5.83 Å². The van der Waals surface area contributed by atoms with E-state index >= 15 is 0 Å². The van der Waals surface area contributed by atoms with Gasteiger partial charge in [-0.25, -0.2) is 4.39 Å². The van der Waals surface area contributed by atoms with Crippen LogP contribution in [0, 0.1) is 0 Å². The molecule has 2 heteroatoms. The lowest BCUT2D eigenvalue weighted by Crippen LogP contribution is -2.06. The van der Waals surface area contributed by atoms with Crippen molar-refractivity contribution in [3.05, 3.63) is 11.6 Å². The third-order valence-corrected chi connectivity index (χ3v) is 0.797. The van der Waals surface area contributed by atoms with E-state index < -0.39 is 0 Å². The maximum Gasteiger partial charge on any atom is 0.174 e. The summed E-state index contributed by atoms with van der Waals surface area (Å²) in [7, 11) is 0. The van der Waals surface area contributed by atoms with Gasteiger partial charge in [-0.3, -0.25) is 0 Å². The fraction of sp³-hybridized carbons (Fsp3) is 0.500. The molecule has 1 aliphatic rings. The van der Waals surface area contributed by atoms with Gasteiger partial charge in [-0.1, -0.05) is 0 Å². The van der Waals surface area contributed by atoms with Gasteiger partial charge in [0, 0.05) is 0 Å². The molecule has 0 aromatic heterocycles. The molecule has 0 bridgehead atoms. The predicted molar refractivity (Wildman–Crippen MR) is 19.8 cm³/mol. The number of hydrogen-bond acceptors (Lipinski definition) is 1. The normalized spacial score (nSPS) is 19.7. The average molecular weight is 88.1 g/mol. The number of rotatable bonds is 0. The quantitative estimate of drug-likeness (QED) is 0.432. The van der Waals surface area contributed by atoms with Gasteiger partial charge >= 0.3 is 0 Å². The highest BCUT2D eigenvalue weighted by Gasteiger charge is 2.11. The Hall–Kier alpha value is -0.530. The minimum atomic E-state index is -0.116. The lowest BCUT2D eigenvalue weighted by atomic mass is 10.4. The summed E-state index contributed by atoms with van der Waals surface area (Å²) in [4.78, 5) is 0. The first-order valence-electron chi connectivity index (χ1n) is 1.79. The summed E-state index contributed by atoms with van der Waals surface area (Å²) in [6.07, 6.45) is 0. The lowest BCUT2D eigenvalue weighted by Gasteiger charge is -2.13. The van der Waals surface area contributed by atoms with E-state index in [-0.39, 0.29) is 12.4 Å². The van der Waals surface area contributed by atoms with Crippen LogP contribution in [0.3, 0.4) is 0 Å². The number of halogens is 1. The highest BCUT2D eigenvalue weighted by molar-refractivity contribution is 5.05. The summed E-state index contributed by atoms with van der Waals surface area (Å²) >= 11 is 0. The van der Waals surface area contributed by atoms with E-state index in [9.17, 15) is 4.39 Å². The Morgan fingerprint density at radius 3 is 2.33 bits per heavy atom. The second kappa shape index (κ2) is 0.965. The van der Waals surface area contributed by atoms with Crippen LogP contribution in [0.25, 0.3) is 0 Å². The van der Waals surface area contributed by atoms with Gasteiger partial charge in [-0.15, -0.1) is 0 Å². The highest BCUT2D eigenvalue weighted by atomic mass is 19.1. The largest absolute Gasteiger partial charge is 0.488 e. The number of hydrogen-bond donors (Lipinski definition) is 0. The number of ether oxygens (including phenoxy) is 1. The summed E-state index contributed by atoms with van der Waals surface area (Å²) in [6.45, 7) is 1.80. The highest BCUT2D eigenvalue weighted by Crippen LogP contribution is 2.17. The summed E-state index contributed by atoms with van der Waals surface area (Å²) in [5.41, 5.74) is 0. The standard InChI is InChI=1S/C4H5FO/c1-3-4(5)2-6-3/h2H2,1H3. The molecule has 0 saturated carbocycles. The second-order valence-corrected chi connectivity index (χ2v) is 1.25. The summed E-state index contributed by atoms with van der Waals surface area (Å²) in [6, 6.07) is 0. The molecular weight excluding hydrogens is 83.0 g/mol. The Bertz CT molecular complexity index is 83.7. The molecule has 0 aromatic rings. The summed E-state index contributed by atoms with van der Waals surface area (Å²) in [5.74, 6) is 0.324. The van der Waals surface area contributed by atoms with Gasteiger partial charge in [0.25, 0.3) is 0 Å². The van der Waals surface area contributed by atoms with Crippen molar-refractivity contribution in [1.29, 1.82) is 0 Å². The monoisotopic (exact) mass is 88.0 g/mol. The van der Waals surface area contributed by atoms with E-state index in [4.69, 9.17) is 0 Å². The smallest absolute Gasteiger partial charge is 0.174 e. The van der Waals surface area contributed by atoms with Gasteiger partial charge in [0.05, 0.1) is 0 Å². The molecule has 0 aromatic carbocycles. The van der Waals surface area contributed by atoms with Crippen LogP contribution in [-0.2, 0) is 4.74 Å². The molecule has 0 spiro atoms. The summed E-state index contributed by atoms with van der Waals surface area (Å²) < 4.78 is 16.2. The molecule has 0 atom stereocenters. The van der Waals surface area contributed by atoms with Gasteiger partial charge in [-0.2, -0.15) is 0 Å². The molecule has 1 aliphatic heterocycles. The fourth-order valence-corrected chi connectivity index (χ4v) is 0.271. The third-order valence-electron chi connectivity index (χ3n) is 0.797. The first-order chi connectivity index (χ1) is 2.80. The predicted octanol–water partition coefficient (Wildman–Crippen LogP) is 1.22. The van der Waals surface area contributed by atoms with E-state index in [1.165, 1.54) is 0 Å². The first kappa shape index (κ1) is 3.65. The first-order valence-corrected chi connectivity index (χ1v) is 1.79. The minimum absolute atomic E-state index is 0.116. The van der Waals surface area contributed by atoms with E-state index in [1.54, 1.807) is 6.92 Å². The maximum absolute atomic E-state index is 11.7. The molecule has 0 aliphatic carbocycles. The Morgan fingerprint density at radius 1 is 1.83 bits per heavy atom. The third kappa shape index (κ3) is 0.295. The van der Waals surface area contributed by atoms with Crippen molar-refractivity contribution in [2.24, 2.45) is 0 Å². The van der Waals surface area contributed by atoms with Crippen molar-refractivity contribution < 1.29 is 9.13 Å². The van der Waals surface area contributed by atoms with Crippen molar-refractivity contribution in [3.63, 3.8) is 0 Å². The zero-order chi connectivity index (χ0) is 4.57. The molecule has 0 unspecified atom stereocenters. The van der Waals surface area contributed by atoms with Crippen LogP contribution in [0.15, 0.2) is 11.6 Å². The van der Waals surface area contributed by atoms with Crippen LogP contribution in [0.5, 0.6) is 0 Å². The minimum Gasteiger partial charge on any atom is -0.488 e. The van der Waals surface area contributed by atoms with Crippen molar-refractivity contribution >= 4 is 0 Å². The average Bonchev–Trinajstić information content (AvgIpc) is 1.61. The molecule has 6 heavy (non-hydrogen) atoms. The van der Waals surface area contributed by atoms with E-state index in [0.29, 0.717) is 5.76 Å². The SMILES string of the molecule is CC1=C(F)CO1. The van der Waals surface area contributed by atoms with Crippen molar-refractivity contribution in [2.45, 2.75) is 6.92 Å². The number of allylic oxidation sites excluding steroid dienone is 1.